The van der Waals surface area contributed by atoms with Gasteiger partial charge in [-0.1, -0.05) is 22.0 Å². The Morgan fingerprint density at radius 1 is 1.11 bits per heavy atom. The second-order valence-corrected chi connectivity index (χ2v) is 4.98. The normalized spacial score (nSPS) is 12.3. The minimum Gasteiger partial charge on any atom is -0.457 e. The monoisotopic (exact) mass is 328 g/mol. The molecule has 100 valence electrons. The molecule has 19 heavy (non-hydrogen) atoms. The van der Waals surface area contributed by atoms with Crippen LogP contribution < -0.4 is 4.74 Å². The fraction of sp³-hybridized carbons (Fsp3) is 0.143. The zero-order valence-electron chi connectivity index (χ0n) is 10.0. The molecule has 0 aliphatic carbocycles. The summed E-state index contributed by atoms with van der Waals surface area (Å²) < 4.78 is 32.4. The lowest BCUT2D eigenvalue weighted by molar-refractivity contribution is 0.195. The number of ether oxygens (including phenoxy) is 1. The Morgan fingerprint density at radius 2 is 1.74 bits per heavy atom. The van der Waals surface area contributed by atoms with Crippen LogP contribution in [0, 0.1) is 11.6 Å². The van der Waals surface area contributed by atoms with Gasteiger partial charge in [0.15, 0.2) is 0 Å². The van der Waals surface area contributed by atoms with Gasteiger partial charge in [0, 0.05) is 28.2 Å². The molecule has 2 aromatic rings. The molecule has 0 aromatic heterocycles. The van der Waals surface area contributed by atoms with Crippen LogP contribution >= 0.6 is 15.9 Å². The summed E-state index contributed by atoms with van der Waals surface area (Å²) in [6.07, 6.45) is -0.749. The highest BCUT2D eigenvalue weighted by Crippen LogP contribution is 2.32. The van der Waals surface area contributed by atoms with Crippen molar-refractivity contribution in [3.63, 3.8) is 0 Å². The first-order valence-electron chi connectivity index (χ1n) is 5.57. The maximum atomic E-state index is 13.1. The molecule has 0 heterocycles. The number of aliphatic hydroxyl groups excluding tert-OH is 1. The number of halogens is 3. The smallest absolute Gasteiger partial charge is 0.134 e. The Labute approximate surface area is 117 Å². The summed E-state index contributed by atoms with van der Waals surface area (Å²) in [6.45, 7) is 1.59. The zero-order valence-corrected chi connectivity index (χ0v) is 11.6. The molecule has 0 aliphatic heterocycles. The number of hydrogen-bond donors (Lipinski definition) is 1. The van der Waals surface area contributed by atoms with Crippen LogP contribution in [0.2, 0.25) is 0 Å². The van der Waals surface area contributed by atoms with Gasteiger partial charge in [-0.05, 0) is 19.1 Å². The topological polar surface area (TPSA) is 29.5 Å². The lowest BCUT2D eigenvalue weighted by Gasteiger charge is -2.13. The maximum absolute atomic E-state index is 13.1. The summed E-state index contributed by atoms with van der Waals surface area (Å²) in [5, 5.41) is 9.64. The van der Waals surface area contributed by atoms with Crippen molar-refractivity contribution in [2.24, 2.45) is 0 Å². The third kappa shape index (κ3) is 3.52. The lowest BCUT2D eigenvalue weighted by atomic mass is 10.1. The Hall–Kier alpha value is -1.46. The number of benzene rings is 2. The molecule has 1 unspecified atom stereocenters. The van der Waals surface area contributed by atoms with Crippen LogP contribution in [-0.4, -0.2) is 5.11 Å². The van der Waals surface area contributed by atoms with Crippen molar-refractivity contribution in [3.05, 3.63) is 58.1 Å². The van der Waals surface area contributed by atoms with E-state index in [4.69, 9.17) is 4.74 Å². The highest BCUT2D eigenvalue weighted by molar-refractivity contribution is 9.10. The van der Waals surface area contributed by atoms with Crippen molar-refractivity contribution in [3.8, 4) is 11.5 Å². The summed E-state index contributed by atoms with van der Waals surface area (Å²) in [6, 6.07) is 7.99. The molecule has 5 heteroatoms. The van der Waals surface area contributed by atoms with Crippen LogP contribution in [0.3, 0.4) is 0 Å². The minimum absolute atomic E-state index is 0.0394. The SMILES string of the molecule is CC(O)c1ccc(Br)cc1Oc1cc(F)cc(F)c1. The highest BCUT2D eigenvalue weighted by Gasteiger charge is 2.11. The van der Waals surface area contributed by atoms with Crippen molar-refractivity contribution in [1.82, 2.24) is 0 Å². The Bertz CT molecular complexity index is 580. The average Bonchev–Trinajstić information content (AvgIpc) is 2.26. The summed E-state index contributed by atoms with van der Waals surface area (Å²) in [5.74, 6) is -1.06. The standard InChI is InChI=1S/C14H11BrF2O2/c1-8(18)13-3-2-9(15)4-14(13)19-12-6-10(16)5-11(17)7-12/h2-8,18H,1H3. The molecule has 0 bridgehead atoms. The fourth-order valence-electron chi connectivity index (χ4n) is 1.66. The van der Waals surface area contributed by atoms with Gasteiger partial charge >= 0.3 is 0 Å². The largest absolute Gasteiger partial charge is 0.457 e. The molecule has 1 atom stereocenters. The van der Waals surface area contributed by atoms with E-state index in [2.05, 4.69) is 15.9 Å². The Balaban J connectivity index is 2.39. The zero-order chi connectivity index (χ0) is 14.0. The molecule has 0 spiro atoms. The van der Waals surface area contributed by atoms with Gasteiger partial charge in [-0.3, -0.25) is 0 Å². The van der Waals surface area contributed by atoms with Gasteiger partial charge in [0.2, 0.25) is 0 Å². The molecule has 0 fully saturated rings. The molecular formula is C14H11BrF2O2. The molecule has 2 aromatic carbocycles. The van der Waals surface area contributed by atoms with E-state index in [0.717, 1.165) is 22.7 Å². The van der Waals surface area contributed by atoms with Crippen LogP contribution in [0.5, 0.6) is 11.5 Å². The maximum Gasteiger partial charge on any atom is 0.134 e. The molecule has 0 radical (unpaired) electrons. The van der Waals surface area contributed by atoms with E-state index in [1.165, 1.54) is 0 Å². The van der Waals surface area contributed by atoms with Gasteiger partial charge in [-0.15, -0.1) is 0 Å². The van der Waals surface area contributed by atoms with E-state index in [1.54, 1.807) is 25.1 Å². The van der Waals surface area contributed by atoms with E-state index in [0.29, 0.717) is 11.3 Å². The number of rotatable bonds is 3. The minimum atomic E-state index is -0.749. The summed E-state index contributed by atoms with van der Waals surface area (Å²) in [7, 11) is 0. The number of hydrogen-bond acceptors (Lipinski definition) is 2. The summed E-state index contributed by atoms with van der Waals surface area (Å²) in [5.41, 5.74) is 0.535. The third-order valence-electron chi connectivity index (χ3n) is 2.49. The molecule has 0 aliphatic rings. The van der Waals surface area contributed by atoms with Gasteiger partial charge < -0.3 is 9.84 Å². The number of aliphatic hydroxyl groups is 1. The van der Waals surface area contributed by atoms with Crippen LogP contribution in [0.25, 0.3) is 0 Å². The highest BCUT2D eigenvalue weighted by atomic mass is 79.9. The van der Waals surface area contributed by atoms with E-state index < -0.39 is 17.7 Å². The first-order chi connectivity index (χ1) is 8.95. The second-order valence-electron chi connectivity index (χ2n) is 4.07. The molecule has 2 rings (SSSR count). The lowest BCUT2D eigenvalue weighted by Crippen LogP contribution is -1.96. The quantitative estimate of drug-likeness (QED) is 0.894. The molecular weight excluding hydrogens is 318 g/mol. The van der Waals surface area contributed by atoms with Crippen LogP contribution in [0.1, 0.15) is 18.6 Å². The molecule has 2 nitrogen and oxygen atoms in total. The Morgan fingerprint density at radius 3 is 2.32 bits per heavy atom. The predicted octanol–water partition coefficient (Wildman–Crippen LogP) is 4.57. The van der Waals surface area contributed by atoms with E-state index in [1.807, 2.05) is 0 Å². The van der Waals surface area contributed by atoms with Crippen LogP contribution in [0.4, 0.5) is 8.78 Å². The molecule has 0 amide bonds. The summed E-state index contributed by atoms with van der Waals surface area (Å²) in [4.78, 5) is 0. The van der Waals surface area contributed by atoms with Crippen LogP contribution in [0.15, 0.2) is 40.9 Å². The third-order valence-corrected chi connectivity index (χ3v) is 2.98. The van der Waals surface area contributed by atoms with Crippen molar-refractivity contribution in [2.45, 2.75) is 13.0 Å². The average molecular weight is 329 g/mol. The van der Waals surface area contributed by atoms with Crippen molar-refractivity contribution in [2.75, 3.05) is 0 Å². The van der Waals surface area contributed by atoms with E-state index in [-0.39, 0.29) is 5.75 Å². The molecule has 0 saturated heterocycles. The summed E-state index contributed by atoms with van der Waals surface area (Å²) >= 11 is 3.28. The fourth-order valence-corrected chi connectivity index (χ4v) is 2.00. The van der Waals surface area contributed by atoms with Gasteiger partial charge in [-0.2, -0.15) is 0 Å². The van der Waals surface area contributed by atoms with E-state index >= 15 is 0 Å². The van der Waals surface area contributed by atoms with Gasteiger partial charge in [0.1, 0.15) is 23.1 Å². The first-order valence-corrected chi connectivity index (χ1v) is 6.36. The predicted molar refractivity (Wildman–Crippen MR) is 71.2 cm³/mol. The second kappa shape index (κ2) is 5.67. The van der Waals surface area contributed by atoms with Crippen molar-refractivity contribution < 1.29 is 18.6 Å². The van der Waals surface area contributed by atoms with Crippen molar-refractivity contribution >= 4 is 15.9 Å². The molecule has 0 saturated carbocycles. The molecule has 1 N–H and O–H groups in total. The van der Waals surface area contributed by atoms with Gasteiger partial charge in [0.05, 0.1) is 6.10 Å². The Kier molecular flexibility index (Phi) is 4.17. The van der Waals surface area contributed by atoms with Gasteiger partial charge in [0.25, 0.3) is 0 Å². The van der Waals surface area contributed by atoms with Crippen molar-refractivity contribution in [1.29, 1.82) is 0 Å². The van der Waals surface area contributed by atoms with Gasteiger partial charge in [-0.25, -0.2) is 8.78 Å². The van der Waals surface area contributed by atoms with Crippen LogP contribution in [-0.2, 0) is 0 Å². The first kappa shape index (κ1) is 14.0. The van der Waals surface area contributed by atoms with E-state index in [9.17, 15) is 13.9 Å².